The van der Waals surface area contributed by atoms with E-state index < -0.39 is 0 Å². The van der Waals surface area contributed by atoms with Crippen LogP contribution in [0.1, 0.15) is 18.2 Å². The standard InChI is InChI=1S/C16H16N4O2/c1-20-14(9-13(18-20)11-5-3-2-4-6-11)16-17-15(19-22-16)12-7-8-21-10-12/h2-6,9,12H,7-8,10H2,1H3. The van der Waals surface area contributed by atoms with Crippen LogP contribution in [0.4, 0.5) is 0 Å². The monoisotopic (exact) mass is 296 g/mol. The summed E-state index contributed by atoms with van der Waals surface area (Å²) >= 11 is 0. The number of benzene rings is 1. The van der Waals surface area contributed by atoms with Gasteiger partial charge in [-0.25, -0.2) is 0 Å². The zero-order chi connectivity index (χ0) is 14.9. The number of ether oxygens (including phenoxy) is 1. The molecule has 6 nitrogen and oxygen atoms in total. The normalized spacial score (nSPS) is 18.0. The van der Waals surface area contributed by atoms with Gasteiger partial charge in [-0.2, -0.15) is 10.1 Å². The van der Waals surface area contributed by atoms with E-state index in [2.05, 4.69) is 15.2 Å². The Bertz CT molecular complexity index is 773. The average molecular weight is 296 g/mol. The average Bonchev–Trinajstić information content (AvgIpc) is 3.28. The van der Waals surface area contributed by atoms with Gasteiger partial charge in [-0.1, -0.05) is 35.5 Å². The van der Waals surface area contributed by atoms with Crippen LogP contribution in [0.15, 0.2) is 40.9 Å². The molecule has 112 valence electrons. The largest absolute Gasteiger partial charge is 0.381 e. The van der Waals surface area contributed by atoms with Gasteiger partial charge in [0.1, 0.15) is 5.69 Å². The Morgan fingerprint density at radius 1 is 1.23 bits per heavy atom. The molecule has 6 heteroatoms. The van der Waals surface area contributed by atoms with Gasteiger partial charge in [0.05, 0.1) is 12.3 Å². The Hall–Kier alpha value is -2.47. The second-order valence-corrected chi connectivity index (χ2v) is 5.42. The molecule has 1 unspecified atom stereocenters. The van der Waals surface area contributed by atoms with Crippen molar-refractivity contribution in [2.45, 2.75) is 12.3 Å². The molecule has 4 rings (SSSR count). The summed E-state index contributed by atoms with van der Waals surface area (Å²) in [6.07, 6.45) is 0.944. The van der Waals surface area contributed by atoms with Gasteiger partial charge in [0.15, 0.2) is 5.82 Å². The van der Waals surface area contributed by atoms with Gasteiger partial charge < -0.3 is 9.26 Å². The molecule has 1 aliphatic rings. The van der Waals surface area contributed by atoms with E-state index in [0.29, 0.717) is 12.5 Å². The van der Waals surface area contributed by atoms with Crippen LogP contribution >= 0.6 is 0 Å². The molecule has 1 saturated heterocycles. The minimum Gasteiger partial charge on any atom is -0.381 e. The SMILES string of the molecule is Cn1nc(-c2ccccc2)cc1-c1nc(C2CCOC2)no1. The fraction of sp³-hybridized carbons (Fsp3) is 0.312. The number of aromatic nitrogens is 4. The maximum absolute atomic E-state index is 5.42. The molecule has 0 amide bonds. The molecular weight excluding hydrogens is 280 g/mol. The van der Waals surface area contributed by atoms with E-state index in [9.17, 15) is 0 Å². The number of hydrogen-bond acceptors (Lipinski definition) is 5. The topological polar surface area (TPSA) is 66.0 Å². The fourth-order valence-corrected chi connectivity index (χ4v) is 2.66. The van der Waals surface area contributed by atoms with Gasteiger partial charge in [0.2, 0.25) is 0 Å². The van der Waals surface area contributed by atoms with Gasteiger partial charge in [-0.15, -0.1) is 0 Å². The lowest BCUT2D eigenvalue weighted by molar-refractivity contribution is 0.192. The van der Waals surface area contributed by atoms with Crippen molar-refractivity contribution < 1.29 is 9.26 Å². The molecular formula is C16H16N4O2. The first-order chi connectivity index (χ1) is 10.8. The molecule has 1 atom stereocenters. The predicted octanol–water partition coefficient (Wildman–Crippen LogP) is 2.64. The number of rotatable bonds is 3. The maximum Gasteiger partial charge on any atom is 0.276 e. The number of hydrogen-bond donors (Lipinski definition) is 0. The van der Waals surface area contributed by atoms with Crippen LogP contribution in [0.3, 0.4) is 0 Å². The lowest BCUT2D eigenvalue weighted by Crippen LogP contribution is -2.00. The highest BCUT2D eigenvalue weighted by Crippen LogP contribution is 2.27. The van der Waals surface area contributed by atoms with Crippen LogP contribution in [0.5, 0.6) is 0 Å². The van der Waals surface area contributed by atoms with Crippen LogP contribution in [-0.2, 0) is 11.8 Å². The molecule has 1 aliphatic heterocycles. The van der Waals surface area contributed by atoms with E-state index in [1.807, 2.05) is 43.4 Å². The van der Waals surface area contributed by atoms with Gasteiger partial charge in [-0.3, -0.25) is 4.68 Å². The second kappa shape index (κ2) is 5.38. The van der Waals surface area contributed by atoms with E-state index in [1.54, 1.807) is 4.68 Å². The summed E-state index contributed by atoms with van der Waals surface area (Å²) in [5, 5.41) is 8.62. The molecule has 0 spiro atoms. The minimum absolute atomic E-state index is 0.235. The van der Waals surface area contributed by atoms with Crippen LogP contribution in [0, 0.1) is 0 Å². The van der Waals surface area contributed by atoms with Gasteiger partial charge in [0, 0.05) is 25.1 Å². The van der Waals surface area contributed by atoms with E-state index in [1.165, 1.54) is 0 Å². The number of aryl methyl sites for hydroxylation is 1. The Balaban J connectivity index is 1.67. The lowest BCUT2D eigenvalue weighted by Gasteiger charge is -1.97. The van der Waals surface area contributed by atoms with Gasteiger partial charge in [-0.05, 0) is 12.5 Å². The molecule has 3 heterocycles. The maximum atomic E-state index is 5.42. The zero-order valence-electron chi connectivity index (χ0n) is 12.3. The van der Waals surface area contributed by atoms with Crippen molar-refractivity contribution in [2.24, 2.45) is 7.05 Å². The predicted molar refractivity (Wildman–Crippen MR) is 80.1 cm³/mol. The Labute approximate surface area is 127 Å². The lowest BCUT2D eigenvalue weighted by atomic mass is 10.1. The van der Waals surface area contributed by atoms with E-state index >= 15 is 0 Å². The Kier molecular flexibility index (Phi) is 3.23. The van der Waals surface area contributed by atoms with Crippen molar-refractivity contribution in [1.82, 2.24) is 19.9 Å². The van der Waals surface area contributed by atoms with Crippen molar-refractivity contribution >= 4 is 0 Å². The molecule has 0 radical (unpaired) electrons. The number of nitrogens with zero attached hydrogens (tertiary/aromatic N) is 4. The highest BCUT2D eigenvalue weighted by atomic mass is 16.5. The molecule has 0 aliphatic carbocycles. The van der Waals surface area contributed by atoms with Crippen LogP contribution in [-0.4, -0.2) is 33.1 Å². The van der Waals surface area contributed by atoms with E-state index in [0.717, 1.165) is 35.8 Å². The minimum atomic E-state index is 0.235. The quantitative estimate of drug-likeness (QED) is 0.743. The van der Waals surface area contributed by atoms with Crippen LogP contribution < -0.4 is 0 Å². The van der Waals surface area contributed by atoms with Crippen molar-refractivity contribution in [3.05, 3.63) is 42.2 Å². The molecule has 2 aromatic heterocycles. The van der Waals surface area contributed by atoms with Crippen molar-refractivity contribution in [2.75, 3.05) is 13.2 Å². The van der Waals surface area contributed by atoms with Crippen molar-refractivity contribution in [3.63, 3.8) is 0 Å². The van der Waals surface area contributed by atoms with Crippen molar-refractivity contribution in [3.8, 4) is 22.8 Å². The summed E-state index contributed by atoms with van der Waals surface area (Å²) in [5.74, 6) is 1.45. The first-order valence-corrected chi connectivity index (χ1v) is 7.32. The van der Waals surface area contributed by atoms with E-state index in [4.69, 9.17) is 9.26 Å². The third-order valence-electron chi connectivity index (χ3n) is 3.91. The summed E-state index contributed by atoms with van der Waals surface area (Å²) in [4.78, 5) is 4.51. The Morgan fingerprint density at radius 3 is 2.86 bits per heavy atom. The molecule has 1 aromatic carbocycles. The first-order valence-electron chi connectivity index (χ1n) is 7.32. The second-order valence-electron chi connectivity index (χ2n) is 5.42. The van der Waals surface area contributed by atoms with Crippen LogP contribution in [0.2, 0.25) is 0 Å². The molecule has 1 fully saturated rings. The summed E-state index contributed by atoms with van der Waals surface area (Å²) < 4.78 is 12.6. The van der Waals surface area contributed by atoms with E-state index in [-0.39, 0.29) is 5.92 Å². The smallest absolute Gasteiger partial charge is 0.276 e. The highest BCUT2D eigenvalue weighted by Gasteiger charge is 2.24. The third kappa shape index (κ3) is 2.31. The Morgan fingerprint density at radius 2 is 2.09 bits per heavy atom. The highest BCUT2D eigenvalue weighted by molar-refractivity contribution is 5.64. The van der Waals surface area contributed by atoms with Crippen molar-refractivity contribution in [1.29, 1.82) is 0 Å². The summed E-state index contributed by atoms with van der Waals surface area (Å²) in [5.41, 5.74) is 2.77. The molecule has 0 saturated carbocycles. The van der Waals surface area contributed by atoms with Gasteiger partial charge >= 0.3 is 0 Å². The molecule has 0 N–H and O–H groups in total. The zero-order valence-corrected chi connectivity index (χ0v) is 12.3. The third-order valence-corrected chi connectivity index (χ3v) is 3.91. The molecule has 0 bridgehead atoms. The van der Waals surface area contributed by atoms with Gasteiger partial charge in [0.25, 0.3) is 5.89 Å². The fourth-order valence-electron chi connectivity index (χ4n) is 2.66. The molecule has 22 heavy (non-hydrogen) atoms. The summed E-state index contributed by atoms with van der Waals surface area (Å²) in [7, 11) is 1.88. The molecule has 3 aromatic rings. The first kappa shape index (κ1) is 13.2. The van der Waals surface area contributed by atoms with Crippen LogP contribution in [0.25, 0.3) is 22.8 Å². The summed E-state index contributed by atoms with van der Waals surface area (Å²) in [6.45, 7) is 1.43. The summed E-state index contributed by atoms with van der Waals surface area (Å²) in [6, 6.07) is 12.0.